The van der Waals surface area contributed by atoms with E-state index in [1.165, 1.54) is 0 Å². The third-order valence-corrected chi connectivity index (χ3v) is 2.21. The van der Waals surface area contributed by atoms with E-state index in [4.69, 9.17) is 5.73 Å². The van der Waals surface area contributed by atoms with E-state index in [1.54, 1.807) is 0 Å². The second kappa shape index (κ2) is 4.77. The second-order valence-corrected chi connectivity index (χ2v) is 3.28. The van der Waals surface area contributed by atoms with Gasteiger partial charge in [0.05, 0.1) is 0 Å². The van der Waals surface area contributed by atoms with Crippen molar-refractivity contribution in [2.75, 3.05) is 0 Å². The molecular formula is C11H15NO. The number of hydrogen-bond acceptors (Lipinski definition) is 2. The minimum Gasteiger partial charge on any atom is -0.327 e. The normalized spacial score (nSPS) is 14.9. The second-order valence-electron chi connectivity index (χ2n) is 3.28. The molecule has 1 aromatic carbocycles. The van der Waals surface area contributed by atoms with Crippen LogP contribution in [0, 0.1) is 0 Å². The summed E-state index contributed by atoms with van der Waals surface area (Å²) in [5, 5.41) is 0. The van der Waals surface area contributed by atoms with Crippen molar-refractivity contribution in [1.29, 1.82) is 0 Å². The summed E-state index contributed by atoms with van der Waals surface area (Å²) in [7, 11) is 0. The fourth-order valence-electron chi connectivity index (χ4n) is 1.46. The van der Waals surface area contributed by atoms with Gasteiger partial charge in [0.2, 0.25) is 0 Å². The van der Waals surface area contributed by atoms with Crippen molar-refractivity contribution in [2.45, 2.75) is 25.3 Å². The Kier molecular flexibility index (Phi) is 3.65. The van der Waals surface area contributed by atoms with E-state index in [0.29, 0.717) is 6.42 Å². The minimum absolute atomic E-state index is 0.0209. The van der Waals surface area contributed by atoms with Crippen molar-refractivity contribution in [2.24, 2.45) is 5.73 Å². The summed E-state index contributed by atoms with van der Waals surface area (Å²) in [6.07, 6.45) is 1.43. The fraction of sp³-hybridized carbons (Fsp3) is 0.364. The van der Waals surface area contributed by atoms with Gasteiger partial charge in [0.15, 0.2) is 0 Å². The van der Waals surface area contributed by atoms with Crippen LogP contribution in [-0.2, 0) is 4.79 Å². The number of rotatable bonds is 4. The molecule has 2 heteroatoms. The maximum atomic E-state index is 10.4. The highest BCUT2D eigenvalue weighted by Gasteiger charge is 2.14. The molecule has 0 amide bonds. The van der Waals surface area contributed by atoms with Gasteiger partial charge in [-0.05, 0) is 12.5 Å². The summed E-state index contributed by atoms with van der Waals surface area (Å²) < 4.78 is 0. The highest BCUT2D eigenvalue weighted by molar-refractivity contribution is 5.52. The van der Waals surface area contributed by atoms with Gasteiger partial charge in [-0.3, -0.25) is 0 Å². The molecule has 2 nitrogen and oxygen atoms in total. The van der Waals surface area contributed by atoms with Crippen LogP contribution in [0.3, 0.4) is 0 Å². The summed E-state index contributed by atoms with van der Waals surface area (Å²) >= 11 is 0. The van der Waals surface area contributed by atoms with Crippen molar-refractivity contribution in [3.8, 4) is 0 Å². The molecule has 1 rings (SSSR count). The largest absolute Gasteiger partial charge is 0.327 e. The maximum Gasteiger partial charge on any atom is 0.120 e. The van der Waals surface area contributed by atoms with Crippen molar-refractivity contribution < 1.29 is 4.79 Å². The van der Waals surface area contributed by atoms with E-state index >= 15 is 0 Å². The van der Waals surface area contributed by atoms with Gasteiger partial charge >= 0.3 is 0 Å². The van der Waals surface area contributed by atoms with Crippen LogP contribution in [0.5, 0.6) is 0 Å². The predicted molar refractivity (Wildman–Crippen MR) is 53.5 cm³/mol. The SMILES string of the molecule is CC(N)C(CC=O)c1ccccc1. The Morgan fingerprint density at radius 2 is 2.00 bits per heavy atom. The molecule has 0 heterocycles. The lowest BCUT2D eigenvalue weighted by Crippen LogP contribution is -2.25. The zero-order chi connectivity index (χ0) is 9.68. The molecule has 0 aliphatic rings. The highest BCUT2D eigenvalue weighted by Crippen LogP contribution is 2.20. The van der Waals surface area contributed by atoms with E-state index in [1.807, 2.05) is 37.3 Å². The van der Waals surface area contributed by atoms with E-state index in [-0.39, 0.29) is 12.0 Å². The molecule has 0 fully saturated rings. The number of carbonyl (C=O) groups is 1. The third-order valence-electron chi connectivity index (χ3n) is 2.21. The fourth-order valence-corrected chi connectivity index (χ4v) is 1.46. The molecule has 2 unspecified atom stereocenters. The summed E-state index contributed by atoms with van der Waals surface area (Å²) in [5.74, 6) is 0.152. The van der Waals surface area contributed by atoms with Crippen LogP contribution in [0.15, 0.2) is 30.3 Å². The number of carbonyl (C=O) groups excluding carboxylic acids is 1. The number of benzene rings is 1. The first-order chi connectivity index (χ1) is 6.25. The summed E-state index contributed by atoms with van der Waals surface area (Å²) in [5.41, 5.74) is 6.94. The zero-order valence-corrected chi connectivity index (χ0v) is 7.81. The highest BCUT2D eigenvalue weighted by atomic mass is 16.1. The van der Waals surface area contributed by atoms with Crippen molar-refractivity contribution in [3.63, 3.8) is 0 Å². The molecule has 0 aromatic heterocycles. The molecule has 0 spiro atoms. The van der Waals surface area contributed by atoms with Crippen LogP contribution in [-0.4, -0.2) is 12.3 Å². The van der Waals surface area contributed by atoms with E-state index in [9.17, 15) is 4.79 Å². The average molecular weight is 177 g/mol. The lowest BCUT2D eigenvalue weighted by molar-refractivity contribution is -0.108. The molecule has 2 atom stereocenters. The monoisotopic (exact) mass is 177 g/mol. The molecule has 0 aliphatic carbocycles. The Hall–Kier alpha value is -1.15. The first-order valence-electron chi connectivity index (χ1n) is 4.50. The Morgan fingerprint density at radius 3 is 2.46 bits per heavy atom. The van der Waals surface area contributed by atoms with Gasteiger partial charge in [-0.15, -0.1) is 0 Å². The van der Waals surface area contributed by atoms with Crippen molar-refractivity contribution >= 4 is 6.29 Å². The number of nitrogens with two attached hydrogens (primary N) is 1. The lowest BCUT2D eigenvalue weighted by atomic mass is 9.90. The standard InChI is InChI=1S/C11H15NO/c1-9(12)11(7-8-13)10-5-3-2-4-6-10/h2-6,8-9,11H,7,12H2,1H3. The smallest absolute Gasteiger partial charge is 0.120 e. The van der Waals surface area contributed by atoms with Gasteiger partial charge in [-0.25, -0.2) is 0 Å². The summed E-state index contributed by atoms with van der Waals surface area (Å²) in [6.45, 7) is 1.93. The zero-order valence-electron chi connectivity index (χ0n) is 7.81. The first kappa shape index (κ1) is 9.93. The summed E-state index contributed by atoms with van der Waals surface area (Å²) in [6, 6.07) is 9.94. The van der Waals surface area contributed by atoms with Gasteiger partial charge in [0.1, 0.15) is 6.29 Å². The Labute approximate surface area is 78.8 Å². The Balaban J connectivity index is 2.82. The van der Waals surface area contributed by atoms with Gasteiger partial charge < -0.3 is 10.5 Å². The number of hydrogen-bond donors (Lipinski definition) is 1. The Bertz CT molecular complexity index is 256. The molecule has 0 saturated carbocycles. The van der Waals surface area contributed by atoms with Gasteiger partial charge in [0, 0.05) is 18.4 Å². The molecule has 0 radical (unpaired) electrons. The van der Waals surface area contributed by atoms with E-state index in [0.717, 1.165) is 11.8 Å². The van der Waals surface area contributed by atoms with Gasteiger partial charge in [-0.1, -0.05) is 30.3 Å². The quantitative estimate of drug-likeness (QED) is 0.711. The van der Waals surface area contributed by atoms with Crippen LogP contribution in [0.1, 0.15) is 24.8 Å². The van der Waals surface area contributed by atoms with Crippen molar-refractivity contribution in [1.82, 2.24) is 0 Å². The molecule has 1 aromatic rings. The average Bonchev–Trinajstić information content (AvgIpc) is 2.15. The van der Waals surface area contributed by atoms with Crippen molar-refractivity contribution in [3.05, 3.63) is 35.9 Å². The first-order valence-corrected chi connectivity index (χ1v) is 4.50. The molecule has 0 aliphatic heterocycles. The molecular weight excluding hydrogens is 162 g/mol. The van der Waals surface area contributed by atoms with Gasteiger partial charge in [0.25, 0.3) is 0 Å². The topological polar surface area (TPSA) is 43.1 Å². The van der Waals surface area contributed by atoms with Crippen LogP contribution in [0.4, 0.5) is 0 Å². The molecule has 13 heavy (non-hydrogen) atoms. The van der Waals surface area contributed by atoms with Crippen LogP contribution in [0.2, 0.25) is 0 Å². The maximum absolute atomic E-state index is 10.4. The molecule has 0 bridgehead atoms. The van der Waals surface area contributed by atoms with Crippen LogP contribution >= 0.6 is 0 Å². The van der Waals surface area contributed by atoms with Gasteiger partial charge in [-0.2, -0.15) is 0 Å². The summed E-state index contributed by atoms with van der Waals surface area (Å²) in [4.78, 5) is 10.4. The van der Waals surface area contributed by atoms with E-state index in [2.05, 4.69) is 0 Å². The predicted octanol–water partition coefficient (Wildman–Crippen LogP) is 1.71. The lowest BCUT2D eigenvalue weighted by Gasteiger charge is -2.18. The third kappa shape index (κ3) is 2.67. The van der Waals surface area contributed by atoms with E-state index < -0.39 is 0 Å². The minimum atomic E-state index is 0.0209. The van der Waals surface area contributed by atoms with Crippen LogP contribution < -0.4 is 5.73 Å². The number of aldehydes is 1. The molecule has 70 valence electrons. The van der Waals surface area contributed by atoms with Crippen LogP contribution in [0.25, 0.3) is 0 Å². The molecule has 2 N–H and O–H groups in total. The Morgan fingerprint density at radius 1 is 1.38 bits per heavy atom. The molecule has 0 saturated heterocycles.